The second-order valence-corrected chi connectivity index (χ2v) is 7.94. The van der Waals surface area contributed by atoms with Gasteiger partial charge in [0, 0.05) is 25.4 Å². The van der Waals surface area contributed by atoms with E-state index < -0.39 is 25.1 Å². The maximum atomic E-state index is 12.9. The minimum atomic E-state index is -3.83. The Morgan fingerprint density at radius 1 is 1.24 bits per heavy atom. The van der Waals surface area contributed by atoms with Gasteiger partial charge in [-0.3, -0.25) is 18.9 Å². The van der Waals surface area contributed by atoms with Gasteiger partial charge in [0.05, 0.1) is 19.3 Å². The lowest BCUT2D eigenvalue weighted by Gasteiger charge is -2.24. The summed E-state index contributed by atoms with van der Waals surface area (Å²) < 4.78 is 30.6. The van der Waals surface area contributed by atoms with Gasteiger partial charge in [-0.1, -0.05) is 18.2 Å². The number of carbonyl (C=O) groups excluding carboxylic acids is 1. The van der Waals surface area contributed by atoms with Crippen LogP contribution in [0, 0.1) is 0 Å². The van der Waals surface area contributed by atoms with Gasteiger partial charge in [0.15, 0.2) is 0 Å². The van der Waals surface area contributed by atoms with Crippen LogP contribution in [0.2, 0.25) is 0 Å². The number of benzene rings is 1. The first-order valence-electron chi connectivity index (χ1n) is 8.89. The van der Waals surface area contributed by atoms with Gasteiger partial charge in [-0.25, -0.2) is 14.4 Å². The number of ether oxygens (including phenoxy) is 1. The molecule has 10 nitrogen and oxygen atoms in total. The van der Waals surface area contributed by atoms with E-state index in [1.165, 1.54) is 23.9 Å². The summed E-state index contributed by atoms with van der Waals surface area (Å²) in [5.41, 5.74) is -1.02. The smallest absolute Gasteiger partial charge is 0.413 e. The van der Waals surface area contributed by atoms with Crippen LogP contribution in [0.4, 0.5) is 0 Å². The first kappa shape index (κ1) is 22.8. The zero-order chi connectivity index (χ0) is 21.3. The molecule has 11 heteroatoms. The van der Waals surface area contributed by atoms with Crippen LogP contribution in [0.3, 0.4) is 0 Å². The average molecular weight is 425 g/mol. The molecule has 1 aromatic carbocycles. The Balaban J connectivity index is 2.04. The van der Waals surface area contributed by atoms with E-state index in [-0.39, 0.29) is 19.2 Å². The Morgan fingerprint density at radius 2 is 1.97 bits per heavy atom. The highest BCUT2D eigenvalue weighted by atomic mass is 31.2. The number of hydrogen-bond acceptors (Lipinski definition) is 7. The fourth-order valence-electron chi connectivity index (χ4n) is 2.56. The number of H-pyrrole nitrogens is 1. The molecule has 2 rings (SSSR count). The predicted octanol–water partition coefficient (Wildman–Crippen LogP) is 1.49. The summed E-state index contributed by atoms with van der Waals surface area (Å²) >= 11 is 0. The van der Waals surface area contributed by atoms with E-state index in [0.29, 0.717) is 18.5 Å². The number of methoxy groups -OCH3 is 1. The molecule has 158 valence electrons. The third-order valence-corrected chi connectivity index (χ3v) is 5.54. The number of aromatic amines is 1. The van der Waals surface area contributed by atoms with Crippen LogP contribution in [-0.2, 0) is 18.6 Å². The summed E-state index contributed by atoms with van der Waals surface area (Å²) in [6.07, 6.45) is 1.74. The molecule has 29 heavy (non-hydrogen) atoms. The molecule has 3 unspecified atom stereocenters. The third-order valence-electron chi connectivity index (χ3n) is 4.03. The van der Waals surface area contributed by atoms with E-state index in [2.05, 4.69) is 10.1 Å². The Hall–Kier alpha value is -2.52. The normalized spacial score (nSPS) is 15.2. The van der Waals surface area contributed by atoms with Gasteiger partial charge in [0.2, 0.25) is 0 Å². The zero-order valence-electron chi connectivity index (χ0n) is 16.1. The van der Waals surface area contributed by atoms with Crippen molar-refractivity contribution in [1.29, 1.82) is 0 Å². The molecule has 0 fully saturated rings. The molecule has 0 saturated carbocycles. The lowest BCUT2D eigenvalue weighted by atomic mass is 10.1. The van der Waals surface area contributed by atoms with Crippen molar-refractivity contribution in [1.82, 2.24) is 14.6 Å². The van der Waals surface area contributed by atoms with Crippen molar-refractivity contribution in [3.8, 4) is 5.75 Å². The minimum Gasteiger partial charge on any atom is -0.413 e. The Bertz CT molecular complexity index is 944. The Morgan fingerprint density at radius 3 is 2.59 bits per heavy atom. The number of aldehydes is 1. The van der Waals surface area contributed by atoms with Crippen LogP contribution in [0.15, 0.2) is 52.2 Å². The summed E-state index contributed by atoms with van der Waals surface area (Å²) in [5, 5.41) is 2.47. The highest BCUT2D eigenvalue weighted by molar-refractivity contribution is 7.52. The SMILES string of the molecule is COC(COP(=O)(NCC=O)Oc1ccccc1)CC(C)n1ccc(=O)[nH]c1=O. The van der Waals surface area contributed by atoms with E-state index in [1.807, 2.05) is 0 Å². The molecule has 0 amide bonds. The van der Waals surface area contributed by atoms with E-state index in [1.54, 1.807) is 37.3 Å². The van der Waals surface area contributed by atoms with Crippen molar-refractivity contribution < 1.29 is 23.1 Å². The van der Waals surface area contributed by atoms with Crippen LogP contribution in [0.25, 0.3) is 0 Å². The number of aromatic nitrogens is 2. The lowest BCUT2D eigenvalue weighted by Crippen LogP contribution is -2.33. The second-order valence-electron chi connectivity index (χ2n) is 6.19. The van der Waals surface area contributed by atoms with E-state index in [0.717, 1.165) is 0 Å². The molecular formula is C18H24N3O7P. The van der Waals surface area contributed by atoms with Crippen LogP contribution in [0.1, 0.15) is 19.4 Å². The number of para-hydroxylation sites is 1. The van der Waals surface area contributed by atoms with E-state index in [4.69, 9.17) is 13.8 Å². The molecule has 0 bridgehead atoms. The summed E-state index contributed by atoms with van der Waals surface area (Å²) in [5.74, 6) is 0.316. The van der Waals surface area contributed by atoms with Gasteiger partial charge in [-0.15, -0.1) is 0 Å². The summed E-state index contributed by atoms with van der Waals surface area (Å²) in [6, 6.07) is 9.33. The maximum absolute atomic E-state index is 12.9. The first-order valence-corrected chi connectivity index (χ1v) is 10.4. The number of rotatable bonds is 12. The quantitative estimate of drug-likeness (QED) is 0.387. The van der Waals surface area contributed by atoms with Crippen molar-refractivity contribution in [3.05, 3.63) is 63.4 Å². The molecule has 3 atom stereocenters. The lowest BCUT2D eigenvalue weighted by molar-refractivity contribution is -0.107. The average Bonchev–Trinajstić information content (AvgIpc) is 2.70. The van der Waals surface area contributed by atoms with E-state index >= 15 is 0 Å². The third kappa shape index (κ3) is 7.10. The molecule has 0 aliphatic heterocycles. The van der Waals surface area contributed by atoms with Crippen molar-refractivity contribution >= 4 is 14.0 Å². The number of carbonyl (C=O) groups is 1. The second kappa shape index (κ2) is 10.9. The van der Waals surface area contributed by atoms with Crippen molar-refractivity contribution in [2.24, 2.45) is 0 Å². The Labute approximate surface area is 167 Å². The highest BCUT2D eigenvalue weighted by Crippen LogP contribution is 2.44. The van der Waals surface area contributed by atoms with Crippen molar-refractivity contribution in [3.63, 3.8) is 0 Å². The van der Waals surface area contributed by atoms with Gasteiger partial charge in [0.25, 0.3) is 5.56 Å². The molecule has 0 aliphatic carbocycles. The first-order chi connectivity index (χ1) is 13.9. The van der Waals surface area contributed by atoms with Gasteiger partial charge >= 0.3 is 13.4 Å². The summed E-state index contributed by atoms with van der Waals surface area (Å²) in [4.78, 5) is 36.0. The maximum Gasteiger partial charge on any atom is 0.459 e. The van der Waals surface area contributed by atoms with Crippen LogP contribution in [0.5, 0.6) is 5.75 Å². The monoisotopic (exact) mass is 425 g/mol. The van der Waals surface area contributed by atoms with Gasteiger partial charge in [-0.05, 0) is 25.5 Å². The molecule has 0 aliphatic rings. The van der Waals surface area contributed by atoms with Crippen LogP contribution >= 0.6 is 7.75 Å². The molecular weight excluding hydrogens is 401 g/mol. The van der Waals surface area contributed by atoms with Crippen LogP contribution in [-0.4, -0.2) is 42.2 Å². The minimum absolute atomic E-state index is 0.116. The Kier molecular flexibility index (Phi) is 8.53. The van der Waals surface area contributed by atoms with Gasteiger partial charge in [-0.2, -0.15) is 0 Å². The van der Waals surface area contributed by atoms with Gasteiger partial charge < -0.3 is 14.1 Å². The van der Waals surface area contributed by atoms with Crippen LogP contribution < -0.4 is 20.9 Å². The summed E-state index contributed by atoms with van der Waals surface area (Å²) in [7, 11) is -2.38. The zero-order valence-corrected chi connectivity index (χ0v) is 17.0. The predicted molar refractivity (Wildman–Crippen MR) is 106 cm³/mol. The number of hydrogen-bond donors (Lipinski definition) is 2. The molecule has 1 aromatic heterocycles. The molecule has 2 N–H and O–H groups in total. The largest absolute Gasteiger partial charge is 0.459 e. The topological polar surface area (TPSA) is 129 Å². The molecule has 2 aromatic rings. The standard InChI is InChI=1S/C18H24N3O7P/c1-14(21-10-8-17(23)20-18(21)24)12-16(26-2)13-27-29(25,19-9-11-22)28-15-6-4-3-5-7-15/h3-8,10-11,14,16H,9,12-13H2,1-2H3,(H,19,25)(H,20,23,24). The molecule has 0 saturated heterocycles. The number of nitrogens with one attached hydrogen (secondary N) is 2. The van der Waals surface area contributed by atoms with E-state index in [9.17, 15) is 18.9 Å². The van der Waals surface area contributed by atoms with Crippen molar-refractivity contribution in [2.75, 3.05) is 20.3 Å². The number of nitrogens with zero attached hydrogens (tertiary/aromatic N) is 1. The molecule has 1 heterocycles. The fourth-order valence-corrected chi connectivity index (χ4v) is 3.82. The summed E-state index contributed by atoms with van der Waals surface area (Å²) in [6.45, 7) is 1.44. The highest BCUT2D eigenvalue weighted by Gasteiger charge is 2.28. The van der Waals surface area contributed by atoms with Crippen molar-refractivity contribution in [2.45, 2.75) is 25.5 Å². The van der Waals surface area contributed by atoms with Gasteiger partial charge in [0.1, 0.15) is 12.0 Å². The molecule has 0 spiro atoms. The fraction of sp³-hybridized carbons (Fsp3) is 0.389. The molecule has 0 radical (unpaired) electrons.